The van der Waals surface area contributed by atoms with E-state index in [1.165, 1.54) is 173 Å². The fraction of sp³-hybridized carbons (Fsp3) is 0.827. The molecule has 0 heterocycles. The highest BCUT2D eigenvalue weighted by atomic mass is 31.2. The average Bonchev–Trinajstić information content (AvgIpc) is 3.71. The van der Waals surface area contributed by atoms with Gasteiger partial charge in [0.25, 0.3) is 0 Å². The summed E-state index contributed by atoms with van der Waals surface area (Å²) in [7, 11) is -9.77. The Labute approximate surface area is 567 Å². The predicted molar refractivity (Wildman–Crippen MR) is 381 cm³/mol. The SMILES string of the molecule is CCCCC/C=C\C/C=C\C/C=C\C/C=C\CCCCCCCCCCCCCC(=O)OCC(O)COP(=O)(O)OCC(O)COP(=O)(O)OCC(COC(=O)CCCCCCC/C=C\CCCCCCCC)OC(=O)CCCCCCCCCCCCCCCCC. The molecule has 0 bridgehead atoms. The van der Waals surface area contributed by atoms with Gasteiger partial charge in [-0.3, -0.25) is 32.5 Å². The fourth-order valence-corrected chi connectivity index (χ4v) is 12.0. The van der Waals surface area contributed by atoms with Gasteiger partial charge in [0.1, 0.15) is 25.4 Å². The quantitative estimate of drug-likeness (QED) is 0.0146. The van der Waals surface area contributed by atoms with E-state index >= 15 is 0 Å². The summed E-state index contributed by atoms with van der Waals surface area (Å²) in [5.41, 5.74) is 0. The van der Waals surface area contributed by atoms with Gasteiger partial charge in [-0.2, -0.15) is 0 Å². The van der Waals surface area contributed by atoms with E-state index < -0.39 is 91.5 Å². The second-order valence-electron chi connectivity index (χ2n) is 25.5. The van der Waals surface area contributed by atoms with Crippen LogP contribution in [-0.4, -0.2) is 95.9 Å². The molecule has 18 heteroatoms. The van der Waals surface area contributed by atoms with E-state index in [1.54, 1.807) is 0 Å². The summed E-state index contributed by atoms with van der Waals surface area (Å²) in [5.74, 6) is -1.57. The highest BCUT2D eigenvalue weighted by molar-refractivity contribution is 7.47. The molecule has 0 aliphatic rings. The molecule has 0 amide bonds. The first-order chi connectivity index (χ1) is 45.2. The van der Waals surface area contributed by atoms with E-state index in [-0.39, 0.29) is 19.3 Å². The van der Waals surface area contributed by atoms with Gasteiger partial charge in [0.05, 0.1) is 26.4 Å². The molecule has 5 unspecified atom stereocenters. The largest absolute Gasteiger partial charge is 0.472 e. The number of ether oxygens (including phenoxy) is 3. The van der Waals surface area contributed by atoms with Crippen LogP contribution in [0.1, 0.15) is 342 Å². The Morgan fingerprint density at radius 2 is 0.538 bits per heavy atom. The molecular weight excluding hydrogens is 1220 g/mol. The Balaban J connectivity index is 4.49. The Morgan fingerprint density at radius 3 is 0.882 bits per heavy atom. The molecule has 0 aliphatic heterocycles. The normalized spacial score (nSPS) is 14.4. The zero-order valence-corrected chi connectivity index (χ0v) is 61.0. The van der Waals surface area contributed by atoms with E-state index in [2.05, 4.69) is 81.5 Å². The summed E-state index contributed by atoms with van der Waals surface area (Å²) in [6.45, 7) is 2.69. The molecule has 0 aromatic carbocycles. The van der Waals surface area contributed by atoms with Crippen molar-refractivity contribution >= 4 is 33.6 Å². The first-order valence-corrected chi connectivity index (χ1v) is 40.6. The summed E-state index contributed by atoms with van der Waals surface area (Å²) in [5, 5.41) is 20.6. The van der Waals surface area contributed by atoms with Gasteiger partial charge in [-0.25, -0.2) is 9.13 Å². The van der Waals surface area contributed by atoms with Gasteiger partial charge in [0.2, 0.25) is 0 Å². The van der Waals surface area contributed by atoms with Crippen molar-refractivity contribution in [3.63, 3.8) is 0 Å². The Morgan fingerprint density at radius 1 is 0.301 bits per heavy atom. The molecular formula is C75H138O16P2. The van der Waals surface area contributed by atoms with Crippen LogP contribution >= 0.6 is 15.6 Å². The molecule has 93 heavy (non-hydrogen) atoms. The van der Waals surface area contributed by atoms with E-state index in [0.29, 0.717) is 19.3 Å². The number of allylic oxidation sites excluding steroid dienone is 10. The molecule has 0 radical (unpaired) electrons. The van der Waals surface area contributed by atoms with Crippen molar-refractivity contribution in [1.82, 2.24) is 0 Å². The number of aliphatic hydroxyl groups excluding tert-OH is 2. The number of carbonyl (C=O) groups excluding carboxylic acids is 3. The zero-order valence-electron chi connectivity index (χ0n) is 59.2. The standard InChI is InChI=1S/C75H138O16P2/c1-4-7-10-13-16-19-22-25-28-29-30-31-32-33-34-35-36-37-38-39-42-44-46-49-52-55-58-61-73(78)85-64-70(76)65-87-92(81,82)88-66-71(77)67-89-93(83,84)90-69-72(91-75(80)63-60-57-54-51-48-45-41-27-24-21-18-15-12-9-6-3)68-86-74(79)62-59-56-53-50-47-43-40-26-23-20-17-14-11-8-5-2/h16,19,25-26,28,30-31,33-34,40,70-72,76-77H,4-15,17-18,20-24,27,29,32,35-39,41-69H2,1-3H3,(H,81,82)(H,83,84)/b19-16-,28-25-,31-30-,34-33-,40-26-. The molecule has 0 aromatic rings. The number of phosphoric acid groups is 2. The van der Waals surface area contributed by atoms with Crippen molar-refractivity contribution in [3.8, 4) is 0 Å². The lowest BCUT2D eigenvalue weighted by molar-refractivity contribution is -0.161. The summed E-state index contributed by atoms with van der Waals surface area (Å²) in [6, 6.07) is 0. The van der Waals surface area contributed by atoms with E-state index in [1.807, 2.05) is 0 Å². The van der Waals surface area contributed by atoms with Crippen LogP contribution in [0.15, 0.2) is 60.8 Å². The minimum atomic E-state index is -4.92. The highest BCUT2D eigenvalue weighted by Gasteiger charge is 2.29. The second-order valence-corrected chi connectivity index (χ2v) is 28.4. The molecule has 0 saturated carbocycles. The molecule has 544 valence electrons. The van der Waals surface area contributed by atoms with Gasteiger partial charge < -0.3 is 34.2 Å². The van der Waals surface area contributed by atoms with Crippen molar-refractivity contribution < 1.29 is 75.8 Å². The van der Waals surface area contributed by atoms with Gasteiger partial charge in [0.15, 0.2) is 6.10 Å². The maximum absolute atomic E-state index is 12.9. The van der Waals surface area contributed by atoms with Gasteiger partial charge >= 0.3 is 33.6 Å². The Kier molecular flexibility index (Phi) is 67.1. The molecule has 0 rings (SSSR count). The Bertz CT molecular complexity index is 1940. The third-order valence-electron chi connectivity index (χ3n) is 16.2. The molecule has 0 spiro atoms. The molecule has 0 aliphatic carbocycles. The molecule has 4 N–H and O–H groups in total. The number of hydrogen-bond acceptors (Lipinski definition) is 14. The van der Waals surface area contributed by atoms with Crippen LogP contribution in [0.25, 0.3) is 0 Å². The number of phosphoric ester groups is 2. The van der Waals surface area contributed by atoms with Crippen molar-refractivity contribution in [3.05, 3.63) is 60.8 Å². The van der Waals surface area contributed by atoms with E-state index in [9.17, 15) is 43.5 Å². The summed E-state index contributed by atoms with van der Waals surface area (Å²) < 4.78 is 61.0. The lowest BCUT2D eigenvalue weighted by Gasteiger charge is -2.21. The van der Waals surface area contributed by atoms with Gasteiger partial charge in [0, 0.05) is 19.3 Å². The van der Waals surface area contributed by atoms with Crippen LogP contribution in [0.2, 0.25) is 0 Å². The van der Waals surface area contributed by atoms with Crippen molar-refractivity contribution in [2.24, 2.45) is 0 Å². The summed E-state index contributed by atoms with van der Waals surface area (Å²) in [6.07, 6.45) is 72.7. The Hall–Kier alpha value is -2.75. The summed E-state index contributed by atoms with van der Waals surface area (Å²) >= 11 is 0. The monoisotopic (exact) mass is 1360 g/mol. The van der Waals surface area contributed by atoms with Crippen LogP contribution in [0.5, 0.6) is 0 Å². The molecule has 5 atom stereocenters. The number of carbonyl (C=O) groups is 3. The molecule has 0 aromatic heterocycles. The minimum Gasteiger partial charge on any atom is -0.463 e. The number of rotatable bonds is 72. The predicted octanol–water partition coefficient (Wildman–Crippen LogP) is 21.3. The lowest BCUT2D eigenvalue weighted by atomic mass is 10.0. The topological polar surface area (TPSA) is 231 Å². The maximum atomic E-state index is 12.9. The van der Waals surface area contributed by atoms with Crippen molar-refractivity contribution in [2.45, 2.75) is 360 Å². The van der Waals surface area contributed by atoms with Crippen molar-refractivity contribution in [2.75, 3.05) is 39.6 Å². The minimum absolute atomic E-state index is 0.110. The number of esters is 3. The van der Waals surface area contributed by atoms with Crippen LogP contribution in [0.3, 0.4) is 0 Å². The number of aliphatic hydroxyl groups is 2. The third kappa shape index (κ3) is 70.4. The molecule has 0 fully saturated rings. The summed E-state index contributed by atoms with van der Waals surface area (Å²) in [4.78, 5) is 58.5. The molecule has 0 saturated heterocycles. The van der Waals surface area contributed by atoms with E-state index in [0.717, 1.165) is 109 Å². The lowest BCUT2D eigenvalue weighted by Crippen LogP contribution is -2.30. The van der Waals surface area contributed by atoms with Crippen LogP contribution in [0, 0.1) is 0 Å². The van der Waals surface area contributed by atoms with Crippen LogP contribution in [0.4, 0.5) is 0 Å². The van der Waals surface area contributed by atoms with Crippen molar-refractivity contribution in [1.29, 1.82) is 0 Å². The number of unbranched alkanes of at least 4 members (excludes halogenated alkanes) is 39. The fourth-order valence-electron chi connectivity index (χ4n) is 10.4. The van der Waals surface area contributed by atoms with Crippen LogP contribution in [-0.2, 0) is 55.8 Å². The average molecular weight is 1360 g/mol. The zero-order chi connectivity index (χ0) is 68.1. The first-order valence-electron chi connectivity index (χ1n) is 37.6. The van der Waals surface area contributed by atoms with E-state index in [4.69, 9.17) is 32.3 Å². The molecule has 16 nitrogen and oxygen atoms in total. The second kappa shape index (κ2) is 69.2. The van der Waals surface area contributed by atoms with Gasteiger partial charge in [-0.1, -0.05) is 293 Å². The smallest absolute Gasteiger partial charge is 0.463 e. The van der Waals surface area contributed by atoms with Gasteiger partial charge in [-0.05, 0) is 89.9 Å². The van der Waals surface area contributed by atoms with Gasteiger partial charge in [-0.15, -0.1) is 0 Å². The maximum Gasteiger partial charge on any atom is 0.472 e. The number of hydrogen-bond donors (Lipinski definition) is 4. The first kappa shape index (κ1) is 90.2. The van der Waals surface area contributed by atoms with Crippen LogP contribution < -0.4 is 0 Å². The highest BCUT2D eigenvalue weighted by Crippen LogP contribution is 2.45. The third-order valence-corrected chi connectivity index (χ3v) is 18.1.